The van der Waals surface area contributed by atoms with E-state index in [0.717, 1.165) is 17.0 Å². The molecular weight excluding hydrogens is 256 g/mol. The van der Waals surface area contributed by atoms with Crippen LogP contribution in [0.3, 0.4) is 0 Å². The molecule has 0 amide bonds. The van der Waals surface area contributed by atoms with Crippen LogP contribution in [0.25, 0.3) is 0 Å². The molecule has 19 heavy (non-hydrogen) atoms. The van der Waals surface area contributed by atoms with Crippen LogP contribution in [-0.2, 0) is 6.54 Å². The molecule has 0 unspecified atom stereocenters. The Bertz CT molecular complexity index is 540. The summed E-state index contributed by atoms with van der Waals surface area (Å²) in [6.07, 6.45) is 0. The molecule has 0 saturated carbocycles. The maximum absolute atomic E-state index is 5.81. The van der Waals surface area contributed by atoms with Gasteiger partial charge in [-0.25, -0.2) is 0 Å². The molecule has 0 aliphatic heterocycles. The van der Waals surface area contributed by atoms with Gasteiger partial charge in [-0.2, -0.15) is 0 Å². The third-order valence-corrected chi connectivity index (χ3v) is 3.05. The lowest BCUT2D eigenvalue weighted by Gasteiger charge is -2.23. The van der Waals surface area contributed by atoms with Crippen LogP contribution in [0.15, 0.2) is 54.6 Å². The van der Waals surface area contributed by atoms with Crippen molar-refractivity contribution in [1.82, 2.24) is 0 Å². The first-order valence-corrected chi connectivity index (χ1v) is 6.36. The van der Waals surface area contributed by atoms with Crippen LogP contribution in [-0.4, -0.2) is 12.2 Å². The van der Waals surface area contributed by atoms with Gasteiger partial charge in [0.05, 0.1) is 13.7 Å². The van der Waals surface area contributed by atoms with E-state index in [-0.39, 0.29) is 0 Å². The van der Waals surface area contributed by atoms with Gasteiger partial charge < -0.3 is 15.4 Å². The molecular formula is C15H16N2OS. The normalized spacial score (nSPS) is 9.95. The van der Waals surface area contributed by atoms with Crippen LogP contribution in [0.4, 0.5) is 5.69 Å². The summed E-state index contributed by atoms with van der Waals surface area (Å²) in [5.41, 5.74) is 7.93. The van der Waals surface area contributed by atoms with Crippen LogP contribution in [0, 0.1) is 0 Å². The number of ether oxygens (including phenoxy) is 1. The molecule has 0 aliphatic rings. The summed E-state index contributed by atoms with van der Waals surface area (Å²) in [4.78, 5) is 1.89. The Morgan fingerprint density at radius 3 is 2.26 bits per heavy atom. The van der Waals surface area contributed by atoms with Crippen molar-refractivity contribution in [2.24, 2.45) is 5.73 Å². The standard InChI is InChI=1S/C15H16N2OS/c1-18-14-9-7-13(8-10-14)17(15(16)19)11-12-5-3-2-4-6-12/h2-10H,11H2,1H3,(H2,16,19). The molecule has 0 radical (unpaired) electrons. The van der Waals surface area contributed by atoms with Gasteiger partial charge in [0.25, 0.3) is 0 Å². The summed E-state index contributed by atoms with van der Waals surface area (Å²) >= 11 is 5.13. The van der Waals surface area contributed by atoms with Crippen LogP contribution in [0.5, 0.6) is 5.75 Å². The second kappa shape index (κ2) is 6.20. The Hall–Kier alpha value is -2.07. The minimum absolute atomic E-state index is 0.356. The molecule has 4 heteroatoms. The van der Waals surface area contributed by atoms with E-state index >= 15 is 0 Å². The number of nitrogens with zero attached hydrogens (tertiary/aromatic N) is 1. The predicted molar refractivity (Wildman–Crippen MR) is 82.4 cm³/mol. The zero-order chi connectivity index (χ0) is 13.7. The number of hydrogen-bond donors (Lipinski definition) is 1. The Labute approximate surface area is 118 Å². The fourth-order valence-electron chi connectivity index (χ4n) is 1.82. The average Bonchev–Trinajstić information content (AvgIpc) is 2.46. The number of thiocarbonyl (C=S) groups is 1. The lowest BCUT2D eigenvalue weighted by atomic mass is 10.2. The van der Waals surface area contributed by atoms with Crippen molar-refractivity contribution in [3.05, 3.63) is 60.2 Å². The fraction of sp³-hybridized carbons (Fsp3) is 0.133. The molecule has 2 N–H and O–H groups in total. The second-order valence-corrected chi connectivity index (χ2v) is 4.53. The van der Waals surface area contributed by atoms with Crippen LogP contribution < -0.4 is 15.4 Å². The number of nitrogens with two attached hydrogens (primary N) is 1. The van der Waals surface area contributed by atoms with Gasteiger partial charge in [0.1, 0.15) is 5.75 Å². The maximum atomic E-state index is 5.81. The Morgan fingerprint density at radius 1 is 1.11 bits per heavy atom. The first-order chi connectivity index (χ1) is 9.20. The van der Waals surface area contributed by atoms with E-state index in [4.69, 9.17) is 22.7 Å². The minimum atomic E-state index is 0.356. The smallest absolute Gasteiger partial charge is 0.171 e. The fourth-order valence-corrected chi connectivity index (χ4v) is 1.99. The van der Waals surface area contributed by atoms with Crippen molar-refractivity contribution in [2.75, 3.05) is 12.0 Å². The van der Waals surface area contributed by atoms with Gasteiger partial charge in [0.15, 0.2) is 5.11 Å². The lowest BCUT2D eigenvalue weighted by molar-refractivity contribution is 0.415. The lowest BCUT2D eigenvalue weighted by Crippen LogP contribution is -2.34. The predicted octanol–water partition coefficient (Wildman–Crippen LogP) is 2.95. The summed E-state index contributed by atoms with van der Waals surface area (Å²) in [5, 5.41) is 0.356. The Morgan fingerprint density at radius 2 is 1.74 bits per heavy atom. The molecule has 2 rings (SSSR count). The number of rotatable bonds is 4. The van der Waals surface area contributed by atoms with E-state index in [9.17, 15) is 0 Å². The zero-order valence-electron chi connectivity index (χ0n) is 10.7. The van der Waals surface area contributed by atoms with Crippen molar-refractivity contribution >= 4 is 23.0 Å². The van der Waals surface area contributed by atoms with Gasteiger partial charge in [0, 0.05) is 5.69 Å². The van der Waals surface area contributed by atoms with Crippen molar-refractivity contribution < 1.29 is 4.74 Å². The average molecular weight is 272 g/mol. The molecule has 3 nitrogen and oxygen atoms in total. The molecule has 0 aromatic heterocycles. The highest BCUT2D eigenvalue weighted by molar-refractivity contribution is 7.80. The summed E-state index contributed by atoms with van der Waals surface area (Å²) in [5.74, 6) is 0.811. The number of benzene rings is 2. The minimum Gasteiger partial charge on any atom is -0.497 e. The highest BCUT2D eigenvalue weighted by Crippen LogP contribution is 2.21. The van der Waals surface area contributed by atoms with E-state index in [1.54, 1.807) is 7.11 Å². The second-order valence-electron chi connectivity index (χ2n) is 4.11. The molecule has 0 atom stereocenters. The van der Waals surface area contributed by atoms with Gasteiger partial charge in [0.2, 0.25) is 0 Å². The number of methoxy groups -OCH3 is 1. The van der Waals surface area contributed by atoms with E-state index in [2.05, 4.69) is 12.1 Å². The highest BCUT2D eigenvalue weighted by atomic mass is 32.1. The maximum Gasteiger partial charge on any atom is 0.171 e. The Balaban J connectivity index is 2.22. The molecule has 0 heterocycles. The monoisotopic (exact) mass is 272 g/mol. The molecule has 98 valence electrons. The van der Waals surface area contributed by atoms with E-state index in [1.807, 2.05) is 47.4 Å². The van der Waals surface area contributed by atoms with Crippen LogP contribution in [0.1, 0.15) is 5.56 Å². The van der Waals surface area contributed by atoms with Gasteiger partial charge in [-0.3, -0.25) is 0 Å². The van der Waals surface area contributed by atoms with Crippen molar-refractivity contribution in [3.8, 4) is 5.75 Å². The summed E-state index contributed by atoms with van der Waals surface area (Å²) in [6.45, 7) is 0.655. The quantitative estimate of drug-likeness (QED) is 0.869. The molecule has 2 aromatic rings. The number of anilines is 1. The third-order valence-electron chi connectivity index (χ3n) is 2.83. The van der Waals surface area contributed by atoms with Gasteiger partial charge in [-0.15, -0.1) is 0 Å². The highest BCUT2D eigenvalue weighted by Gasteiger charge is 2.10. The summed E-state index contributed by atoms with van der Waals surface area (Å²) in [6, 6.07) is 17.8. The number of hydrogen-bond acceptors (Lipinski definition) is 2. The van der Waals surface area contributed by atoms with Gasteiger partial charge in [-0.05, 0) is 42.0 Å². The van der Waals surface area contributed by atoms with Crippen molar-refractivity contribution in [1.29, 1.82) is 0 Å². The molecule has 0 aliphatic carbocycles. The molecule has 0 bridgehead atoms. The van der Waals surface area contributed by atoms with Gasteiger partial charge in [-0.1, -0.05) is 30.3 Å². The molecule has 0 fully saturated rings. The van der Waals surface area contributed by atoms with Crippen LogP contribution >= 0.6 is 12.2 Å². The largest absolute Gasteiger partial charge is 0.497 e. The van der Waals surface area contributed by atoms with Crippen molar-refractivity contribution in [2.45, 2.75) is 6.54 Å². The third kappa shape index (κ3) is 3.45. The zero-order valence-corrected chi connectivity index (χ0v) is 11.6. The topological polar surface area (TPSA) is 38.5 Å². The first kappa shape index (κ1) is 13.4. The molecule has 2 aromatic carbocycles. The first-order valence-electron chi connectivity index (χ1n) is 5.95. The van der Waals surface area contributed by atoms with Gasteiger partial charge >= 0.3 is 0 Å². The van der Waals surface area contributed by atoms with E-state index in [0.29, 0.717) is 11.7 Å². The van der Waals surface area contributed by atoms with Crippen molar-refractivity contribution in [3.63, 3.8) is 0 Å². The van der Waals surface area contributed by atoms with Crippen LogP contribution in [0.2, 0.25) is 0 Å². The summed E-state index contributed by atoms with van der Waals surface area (Å²) in [7, 11) is 1.64. The molecule has 0 spiro atoms. The SMILES string of the molecule is COc1ccc(N(Cc2ccccc2)C(N)=S)cc1. The van der Waals surface area contributed by atoms with E-state index < -0.39 is 0 Å². The molecule has 0 saturated heterocycles. The Kier molecular flexibility index (Phi) is 4.36. The summed E-state index contributed by atoms with van der Waals surface area (Å²) < 4.78 is 5.15. The van der Waals surface area contributed by atoms with E-state index in [1.165, 1.54) is 0 Å².